The van der Waals surface area contributed by atoms with Gasteiger partial charge in [-0.15, -0.1) is 0 Å². The molecule has 0 spiro atoms. The van der Waals surface area contributed by atoms with Crippen LogP contribution in [0.1, 0.15) is 48.1 Å². The lowest BCUT2D eigenvalue weighted by Gasteiger charge is -2.19. The molecule has 1 aromatic heterocycles. The second-order valence-electron chi connectivity index (χ2n) is 6.16. The molecule has 1 aliphatic heterocycles. The number of thioether (sulfide) groups is 1. The Hall–Kier alpha value is -1.76. The minimum absolute atomic E-state index is 0.140. The molecule has 0 saturated heterocycles. The number of nitrogens with one attached hydrogen (secondary N) is 2. The summed E-state index contributed by atoms with van der Waals surface area (Å²) in [4.78, 5) is 19.6. The SMILES string of the molecule is COC(=O)c1c(C)[nH]c(C2=NNC(=NC(C)(C)C)SC2)c1C. The number of hydrazone groups is 1. The predicted molar refractivity (Wildman–Crippen MR) is 90.9 cm³/mol. The number of aromatic nitrogens is 1. The van der Waals surface area contributed by atoms with Gasteiger partial charge in [0.25, 0.3) is 0 Å². The predicted octanol–water partition coefficient (Wildman–Crippen LogP) is 2.61. The Labute approximate surface area is 134 Å². The zero-order valence-corrected chi connectivity index (χ0v) is 14.6. The summed E-state index contributed by atoms with van der Waals surface area (Å²) in [5, 5.41) is 5.21. The summed E-state index contributed by atoms with van der Waals surface area (Å²) in [6, 6.07) is 0. The van der Waals surface area contributed by atoms with E-state index in [4.69, 9.17) is 4.74 Å². The Morgan fingerprint density at radius 2 is 2.05 bits per heavy atom. The van der Waals surface area contributed by atoms with Gasteiger partial charge in [-0.25, -0.2) is 4.79 Å². The van der Waals surface area contributed by atoms with Crippen LogP contribution in [0.2, 0.25) is 0 Å². The van der Waals surface area contributed by atoms with E-state index in [0.717, 1.165) is 27.8 Å². The molecule has 7 heteroatoms. The van der Waals surface area contributed by atoms with Crippen LogP contribution in [0.3, 0.4) is 0 Å². The summed E-state index contributed by atoms with van der Waals surface area (Å²) in [5.41, 5.74) is 6.82. The minimum Gasteiger partial charge on any atom is -0.465 e. The quantitative estimate of drug-likeness (QED) is 0.820. The summed E-state index contributed by atoms with van der Waals surface area (Å²) in [5.74, 6) is 0.369. The molecule has 22 heavy (non-hydrogen) atoms. The van der Waals surface area contributed by atoms with Crippen LogP contribution < -0.4 is 5.43 Å². The molecular formula is C15H22N4O2S. The maximum absolute atomic E-state index is 11.8. The maximum Gasteiger partial charge on any atom is 0.339 e. The molecule has 0 bridgehead atoms. The molecule has 0 atom stereocenters. The third kappa shape index (κ3) is 3.52. The van der Waals surface area contributed by atoms with Crippen molar-refractivity contribution < 1.29 is 9.53 Å². The summed E-state index contributed by atoms with van der Waals surface area (Å²) in [6.07, 6.45) is 0. The number of carbonyl (C=O) groups excluding carboxylic acids is 1. The van der Waals surface area contributed by atoms with E-state index < -0.39 is 0 Å². The molecule has 2 rings (SSSR count). The molecule has 0 radical (unpaired) electrons. The highest BCUT2D eigenvalue weighted by atomic mass is 32.2. The van der Waals surface area contributed by atoms with E-state index in [9.17, 15) is 4.79 Å². The standard InChI is InChI=1S/C15H22N4O2S/c1-8-11(13(20)21-6)9(2)16-12(8)10-7-22-14(19-18-10)17-15(3,4)5/h16H,7H2,1-6H3,(H,17,19). The topological polar surface area (TPSA) is 78.8 Å². The van der Waals surface area contributed by atoms with Crippen LogP contribution in [0.25, 0.3) is 0 Å². The van der Waals surface area contributed by atoms with Crippen molar-refractivity contribution >= 4 is 28.6 Å². The highest BCUT2D eigenvalue weighted by Crippen LogP contribution is 2.23. The Kier molecular flexibility index (Phi) is 4.65. The maximum atomic E-state index is 11.8. The van der Waals surface area contributed by atoms with Gasteiger partial charge in [0.15, 0.2) is 5.17 Å². The summed E-state index contributed by atoms with van der Waals surface area (Å²) in [6.45, 7) is 9.89. The number of hydrogen-bond donors (Lipinski definition) is 2. The summed E-state index contributed by atoms with van der Waals surface area (Å²) < 4.78 is 4.83. The van der Waals surface area contributed by atoms with E-state index in [-0.39, 0.29) is 11.5 Å². The van der Waals surface area contributed by atoms with E-state index in [1.54, 1.807) is 11.8 Å². The number of rotatable bonds is 2. The number of H-pyrrole nitrogens is 1. The van der Waals surface area contributed by atoms with Crippen molar-refractivity contribution in [3.63, 3.8) is 0 Å². The number of nitrogens with zero attached hydrogens (tertiary/aromatic N) is 2. The Morgan fingerprint density at radius 1 is 1.36 bits per heavy atom. The van der Waals surface area contributed by atoms with Gasteiger partial charge in [-0.3, -0.25) is 10.4 Å². The first-order valence-electron chi connectivity index (χ1n) is 7.06. The van der Waals surface area contributed by atoms with Gasteiger partial charge in [0.1, 0.15) is 0 Å². The van der Waals surface area contributed by atoms with Crippen LogP contribution in [-0.4, -0.2) is 40.2 Å². The molecule has 2 heterocycles. The van der Waals surface area contributed by atoms with E-state index in [1.165, 1.54) is 7.11 Å². The number of amidine groups is 1. The molecule has 0 aromatic carbocycles. The summed E-state index contributed by atoms with van der Waals surface area (Å²) >= 11 is 1.60. The number of aliphatic imine (C=N–C) groups is 1. The van der Waals surface area contributed by atoms with Crippen LogP contribution in [-0.2, 0) is 4.74 Å². The lowest BCUT2D eigenvalue weighted by atomic mass is 10.1. The molecule has 6 nitrogen and oxygen atoms in total. The van der Waals surface area contributed by atoms with Gasteiger partial charge in [-0.05, 0) is 40.2 Å². The number of esters is 1. The van der Waals surface area contributed by atoms with E-state index in [1.807, 2.05) is 34.6 Å². The second-order valence-corrected chi connectivity index (χ2v) is 7.13. The Bertz CT molecular complexity index is 653. The van der Waals surface area contributed by atoms with Gasteiger partial charge in [0.2, 0.25) is 0 Å². The number of methoxy groups -OCH3 is 1. The van der Waals surface area contributed by atoms with E-state index >= 15 is 0 Å². The first-order valence-corrected chi connectivity index (χ1v) is 8.04. The highest BCUT2D eigenvalue weighted by molar-refractivity contribution is 8.14. The van der Waals surface area contributed by atoms with Gasteiger partial charge < -0.3 is 9.72 Å². The van der Waals surface area contributed by atoms with Crippen molar-refractivity contribution in [2.75, 3.05) is 12.9 Å². The monoisotopic (exact) mass is 322 g/mol. The van der Waals surface area contributed by atoms with Crippen LogP contribution in [0.5, 0.6) is 0 Å². The van der Waals surface area contributed by atoms with Crippen LogP contribution in [0.4, 0.5) is 0 Å². The van der Waals surface area contributed by atoms with Crippen molar-refractivity contribution in [3.05, 3.63) is 22.5 Å². The molecule has 0 amide bonds. The zero-order chi connectivity index (χ0) is 16.5. The fourth-order valence-electron chi connectivity index (χ4n) is 2.25. The molecule has 2 N–H and O–H groups in total. The first kappa shape index (κ1) is 16.6. The van der Waals surface area contributed by atoms with Crippen molar-refractivity contribution in [1.29, 1.82) is 0 Å². The van der Waals surface area contributed by atoms with E-state index in [2.05, 4.69) is 20.5 Å². The van der Waals surface area contributed by atoms with Gasteiger partial charge in [-0.1, -0.05) is 11.8 Å². The Balaban J connectivity index is 2.28. The van der Waals surface area contributed by atoms with Crippen molar-refractivity contribution in [3.8, 4) is 0 Å². The molecule has 0 fully saturated rings. The molecular weight excluding hydrogens is 300 g/mol. The smallest absolute Gasteiger partial charge is 0.339 e. The second kappa shape index (κ2) is 6.16. The van der Waals surface area contributed by atoms with Gasteiger partial charge >= 0.3 is 5.97 Å². The number of ether oxygens (including phenoxy) is 1. The number of hydrogen-bond acceptors (Lipinski definition) is 5. The minimum atomic E-state index is -0.329. The van der Waals surface area contributed by atoms with E-state index in [0.29, 0.717) is 11.3 Å². The fourth-order valence-corrected chi connectivity index (χ4v) is 3.18. The third-order valence-corrected chi connectivity index (χ3v) is 4.06. The Morgan fingerprint density at radius 3 is 2.55 bits per heavy atom. The summed E-state index contributed by atoms with van der Waals surface area (Å²) in [7, 11) is 1.39. The fraction of sp³-hybridized carbons (Fsp3) is 0.533. The average Bonchev–Trinajstić information content (AvgIpc) is 2.72. The van der Waals surface area contributed by atoms with Crippen molar-refractivity contribution in [1.82, 2.24) is 10.4 Å². The molecule has 120 valence electrons. The van der Waals surface area contributed by atoms with Gasteiger partial charge in [0.05, 0.1) is 29.6 Å². The van der Waals surface area contributed by atoms with Gasteiger partial charge in [-0.2, -0.15) is 5.10 Å². The molecule has 1 aliphatic rings. The number of aromatic amines is 1. The average molecular weight is 322 g/mol. The molecule has 1 aromatic rings. The van der Waals surface area contributed by atoms with Crippen molar-refractivity contribution in [2.45, 2.75) is 40.2 Å². The lowest BCUT2D eigenvalue weighted by molar-refractivity contribution is 0.0599. The van der Waals surface area contributed by atoms with Crippen molar-refractivity contribution in [2.24, 2.45) is 10.1 Å². The lowest BCUT2D eigenvalue weighted by Crippen LogP contribution is -2.28. The zero-order valence-electron chi connectivity index (χ0n) is 13.8. The number of aryl methyl sites for hydroxylation is 1. The normalized spacial score (nSPS) is 17.2. The van der Waals surface area contributed by atoms with Crippen LogP contribution >= 0.6 is 11.8 Å². The highest BCUT2D eigenvalue weighted by Gasteiger charge is 2.23. The number of carbonyl (C=O) groups is 1. The van der Waals surface area contributed by atoms with Crippen LogP contribution in [0, 0.1) is 13.8 Å². The first-order chi connectivity index (χ1) is 10.2. The molecule has 0 saturated carbocycles. The van der Waals surface area contributed by atoms with Crippen LogP contribution in [0.15, 0.2) is 10.1 Å². The third-order valence-electron chi connectivity index (χ3n) is 3.18. The van der Waals surface area contributed by atoms with Gasteiger partial charge in [0, 0.05) is 11.4 Å². The largest absolute Gasteiger partial charge is 0.465 e. The molecule has 0 unspecified atom stereocenters. The molecule has 0 aliphatic carbocycles.